The number of H-pyrrole nitrogens is 1. The summed E-state index contributed by atoms with van der Waals surface area (Å²) < 4.78 is 0. The summed E-state index contributed by atoms with van der Waals surface area (Å²) in [6.45, 7) is 4.14. The van der Waals surface area contributed by atoms with Crippen molar-refractivity contribution < 1.29 is 4.79 Å². The standard InChI is InChI=1S/C16H23N3O/c1-3-12(4-2)19-16(20)14(17)9-11-10-18-15-8-6-5-7-13(11)15/h5-8,10,12,14,18H,3-4,9,17H2,1-2H3,(H,19,20)/t14-/m0/s1. The third-order valence-electron chi connectivity index (χ3n) is 3.78. The molecule has 0 saturated heterocycles. The number of amides is 1. The minimum absolute atomic E-state index is 0.0658. The van der Waals surface area contributed by atoms with E-state index in [1.807, 2.05) is 30.5 Å². The number of carbonyl (C=O) groups excluding carboxylic acids is 1. The molecule has 0 fully saturated rings. The second-order valence-corrected chi connectivity index (χ2v) is 5.19. The highest BCUT2D eigenvalue weighted by atomic mass is 16.2. The fraction of sp³-hybridized carbons (Fsp3) is 0.438. The van der Waals surface area contributed by atoms with Crippen LogP contribution < -0.4 is 11.1 Å². The Morgan fingerprint density at radius 1 is 1.30 bits per heavy atom. The number of nitrogens with one attached hydrogen (secondary N) is 2. The molecule has 1 aromatic heterocycles. The Labute approximate surface area is 119 Å². The van der Waals surface area contributed by atoms with Gasteiger partial charge in [-0.2, -0.15) is 0 Å². The molecular formula is C16H23N3O. The third kappa shape index (κ3) is 3.20. The van der Waals surface area contributed by atoms with E-state index in [1.165, 1.54) is 0 Å². The van der Waals surface area contributed by atoms with Crippen LogP contribution >= 0.6 is 0 Å². The molecule has 108 valence electrons. The molecule has 1 heterocycles. The minimum Gasteiger partial charge on any atom is -0.361 e. The maximum Gasteiger partial charge on any atom is 0.237 e. The maximum atomic E-state index is 12.1. The van der Waals surface area contributed by atoms with Crippen molar-refractivity contribution in [1.82, 2.24) is 10.3 Å². The smallest absolute Gasteiger partial charge is 0.237 e. The molecule has 0 radical (unpaired) electrons. The molecule has 2 rings (SSSR count). The molecule has 1 aromatic carbocycles. The van der Waals surface area contributed by atoms with Crippen LogP contribution in [0.4, 0.5) is 0 Å². The van der Waals surface area contributed by atoms with Gasteiger partial charge < -0.3 is 16.0 Å². The van der Waals surface area contributed by atoms with Crippen LogP contribution in [-0.2, 0) is 11.2 Å². The molecule has 2 aromatic rings. The van der Waals surface area contributed by atoms with Gasteiger partial charge in [-0.25, -0.2) is 0 Å². The molecule has 4 N–H and O–H groups in total. The highest BCUT2D eigenvalue weighted by Gasteiger charge is 2.18. The summed E-state index contributed by atoms with van der Waals surface area (Å²) in [6.07, 6.45) is 4.36. The highest BCUT2D eigenvalue weighted by Crippen LogP contribution is 2.18. The summed E-state index contributed by atoms with van der Waals surface area (Å²) in [7, 11) is 0. The van der Waals surface area contributed by atoms with Crippen molar-refractivity contribution >= 4 is 16.8 Å². The van der Waals surface area contributed by atoms with Gasteiger partial charge in [-0.05, 0) is 30.9 Å². The Morgan fingerprint density at radius 3 is 2.70 bits per heavy atom. The van der Waals surface area contributed by atoms with Gasteiger partial charge in [0.25, 0.3) is 0 Å². The summed E-state index contributed by atoms with van der Waals surface area (Å²) in [6, 6.07) is 7.77. The molecule has 1 atom stereocenters. The molecule has 0 saturated carbocycles. The zero-order valence-electron chi connectivity index (χ0n) is 12.1. The SMILES string of the molecule is CCC(CC)NC(=O)[C@@H](N)Cc1c[nH]c2ccccc12. The van der Waals surface area contributed by atoms with Gasteiger partial charge in [0.2, 0.25) is 5.91 Å². The van der Waals surface area contributed by atoms with Gasteiger partial charge >= 0.3 is 0 Å². The predicted molar refractivity (Wildman–Crippen MR) is 82.5 cm³/mol. The quantitative estimate of drug-likeness (QED) is 0.756. The topological polar surface area (TPSA) is 70.9 Å². The molecular weight excluding hydrogens is 250 g/mol. The van der Waals surface area contributed by atoms with Crippen molar-refractivity contribution in [2.45, 2.75) is 45.2 Å². The Kier molecular flexibility index (Phi) is 4.79. The number of rotatable bonds is 6. The monoisotopic (exact) mass is 273 g/mol. The average Bonchev–Trinajstić information content (AvgIpc) is 2.87. The van der Waals surface area contributed by atoms with Crippen molar-refractivity contribution in [1.29, 1.82) is 0 Å². The zero-order valence-corrected chi connectivity index (χ0v) is 12.1. The van der Waals surface area contributed by atoms with Crippen molar-refractivity contribution in [3.05, 3.63) is 36.0 Å². The lowest BCUT2D eigenvalue weighted by atomic mass is 10.0. The van der Waals surface area contributed by atoms with E-state index in [-0.39, 0.29) is 11.9 Å². The van der Waals surface area contributed by atoms with E-state index in [1.54, 1.807) is 0 Å². The highest BCUT2D eigenvalue weighted by molar-refractivity contribution is 5.86. The average molecular weight is 273 g/mol. The number of benzene rings is 1. The third-order valence-corrected chi connectivity index (χ3v) is 3.78. The van der Waals surface area contributed by atoms with E-state index in [4.69, 9.17) is 5.73 Å². The molecule has 0 bridgehead atoms. The van der Waals surface area contributed by atoms with E-state index in [9.17, 15) is 4.79 Å². The molecule has 0 spiro atoms. The number of aromatic nitrogens is 1. The normalized spacial score (nSPS) is 12.8. The van der Waals surface area contributed by atoms with Gasteiger partial charge in [-0.3, -0.25) is 4.79 Å². The molecule has 0 aliphatic heterocycles. The van der Waals surface area contributed by atoms with E-state index >= 15 is 0 Å². The van der Waals surface area contributed by atoms with Gasteiger partial charge in [0.15, 0.2) is 0 Å². The lowest BCUT2D eigenvalue weighted by molar-refractivity contribution is -0.123. The van der Waals surface area contributed by atoms with Crippen LogP contribution in [0.2, 0.25) is 0 Å². The van der Waals surface area contributed by atoms with Crippen LogP contribution in [0.15, 0.2) is 30.5 Å². The fourth-order valence-corrected chi connectivity index (χ4v) is 2.43. The molecule has 20 heavy (non-hydrogen) atoms. The van der Waals surface area contributed by atoms with Crippen LogP contribution in [-0.4, -0.2) is 23.0 Å². The Bertz CT molecular complexity index is 572. The van der Waals surface area contributed by atoms with Gasteiger partial charge in [-0.15, -0.1) is 0 Å². The number of hydrogen-bond donors (Lipinski definition) is 3. The predicted octanol–water partition coefficient (Wildman–Crippen LogP) is 2.34. The summed E-state index contributed by atoms with van der Waals surface area (Å²) in [5.41, 5.74) is 8.20. The van der Waals surface area contributed by atoms with Crippen molar-refractivity contribution in [3.8, 4) is 0 Å². The number of nitrogens with two attached hydrogens (primary N) is 1. The van der Waals surface area contributed by atoms with Gasteiger partial charge in [0.05, 0.1) is 6.04 Å². The van der Waals surface area contributed by atoms with Gasteiger partial charge in [0.1, 0.15) is 0 Å². The van der Waals surface area contributed by atoms with Crippen LogP contribution in [0.25, 0.3) is 10.9 Å². The molecule has 4 heteroatoms. The van der Waals surface area contributed by atoms with Crippen molar-refractivity contribution in [2.24, 2.45) is 5.73 Å². The first kappa shape index (κ1) is 14.6. The molecule has 0 unspecified atom stereocenters. The number of carbonyl (C=O) groups is 1. The molecule has 0 aliphatic rings. The second kappa shape index (κ2) is 6.57. The van der Waals surface area contributed by atoms with E-state index < -0.39 is 6.04 Å². The van der Waals surface area contributed by atoms with Crippen molar-refractivity contribution in [3.63, 3.8) is 0 Å². The van der Waals surface area contributed by atoms with Crippen LogP contribution in [0.3, 0.4) is 0 Å². The molecule has 0 aliphatic carbocycles. The first-order valence-electron chi connectivity index (χ1n) is 7.26. The Hall–Kier alpha value is -1.81. The lowest BCUT2D eigenvalue weighted by Gasteiger charge is -2.18. The summed E-state index contributed by atoms with van der Waals surface area (Å²) in [5, 5.41) is 4.14. The molecule has 4 nitrogen and oxygen atoms in total. The number of aromatic amines is 1. The van der Waals surface area contributed by atoms with Crippen LogP contribution in [0, 0.1) is 0 Å². The van der Waals surface area contributed by atoms with E-state index in [0.717, 1.165) is 29.3 Å². The molecule has 1 amide bonds. The van der Waals surface area contributed by atoms with Crippen molar-refractivity contribution in [2.75, 3.05) is 0 Å². The fourth-order valence-electron chi connectivity index (χ4n) is 2.43. The number of hydrogen-bond acceptors (Lipinski definition) is 2. The van der Waals surface area contributed by atoms with E-state index in [2.05, 4.69) is 24.1 Å². The first-order chi connectivity index (χ1) is 9.65. The summed E-state index contributed by atoms with van der Waals surface area (Å²) in [4.78, 5) is 15.3. The van der Waals surface area contributed by atoms with E-state index in [0.29, 0.717) is 6.42 Å². The second-order valence-electron chi connectivity index (χ2n) is 5.19. The lowest BCUT2D eigenvalue weighted by Crippen LogP contribution is -2.46. The number of fused-ring (bicyclic) bond motifs is 1. The zero-order chi connectivity index (χ0) is 14.5. The van der Waals surface area contributed by atoms with Gasteiger partial charge in [0, 0.05) is 23.1 Å². The maximum absolute atomic E-state index is 12.1. The van der Waals surface area contributed by atoms with Crippen LogP contribution in [0.1, 0.15) is 32.3 Å². The summed E-state index contributed by atoms with van der Waals surface area (Å²) >= 11 is 0. The Balaban J connectivity index is 2.04. The van der Waals surface area contributed by atoms with Crippen LogP contribution in [0.5, 0.6) is 0 Å². The summed E-state index contributed by atoms with van der Waals surface area (Å²) in [5.74, 6) is -0.0658. The minimum atomic E-state index is -0.505. The largest absolute Gasteiger partial charge is 0.361 e. The van der Waals surface area contributed by atoms with Gasteiger partial charge in [-0.1, -0.05) is 32.0 Å². The first-order valence-corrected chi connectivity index (χ1v) is 7.26. The number of para-hydroxylation sites is 1. The Morgan fingerprint density at radius 2 is 2.00 bits per heavy atom.